The Labute approximate surface area is 229 Å². The van der Waals surface area contributed by atoms with E-state index >= 15 is 0 Å². The maximum Gasteiger partial charge on any atom is 0.310 e. The van der Waals surface area contributed by atoms with Crippen LogP contribution in [0.3, 0.4) is 0 Å². The molecule has 10 heteroatoms. The summed E-state index contributed by atoms with van der Waals surface area (Å²) in [6, 6.07) is 16.9. The van der Waals surface area contributed by atoms with Gasteiger partial charge in [-0.25, -0.2) is 8.78 Å². The van der Waals surface area contributed by atoms with E-state index in [1.54, 1.807) is 49.4 Å². The van der Waals surface area contributed by atoms with Gasteiger partial charge in [0, 0.05) is 29.6 Å². The van der Waals surface area contributed by atoms with E-state index in [4.69, 9.17) is 10.5 Å². The fourth-order valence-corrected chi connectivity index (χ4v) is 4.00. The first-order valence-corrected chi connectivity index (χ1v) is 12.4. The second kappa shape index (κ2) is 12.7. The van der Waals surface area contributed by atoms with Crippen LogP contribution in [0.25, 0.3) is 11.1 Å². The zero-order chi connectivity index (χ0) is 28.6. The molecule has 40 heavy (non-hydrogen) atoms. The molecule has 0 aliphatic heterocycles. The minimum Gasteiger partial charge on any atom is -0.466 e. The lowest BCUT2D eigenvalue weighted by molar-refractivity contribution is -0.142. The van der Waals surface area contributed by atoms with Gasteiger partial charge in [0.15, 0.2) is 5.82 Å². The van der Waals surface area contributed by atoms with Crippen molar-refractivity contribution in [2.24, 2.45) is 5.73 Å². The summed E-state index contributed by atoms with van der Waals surface area (Å²) >= 11 is 0. The summed E-state index contributed by atoms with van der Waals surface area (Å²) in [5, 5.41) is 5.17. The van der Waals surface area contributed by atoms with Crippen molar-refractivity contribution in [2.45, 2.75) is 19.9 Å². The molecule has 0 atom stereocenters. The lowest BCUT2D eigenvalue weighted by Crippen LogP contribution is -2.14. The summed E-state index contributed by atoms with van der Waals surface area (Å²) in [6.07, 6.45) is 2.15. The topological polar surface area (TPSA) is 123 Å². The third-order valence-corrected chi connectivity index (χ3v) is 6.00. The largest absolute Gasteiger partial charge is 0.466 e. The Hall–Kier alpha value is -4.96. The van der Waals surface area contributed by atoms with E-state index in [2.05, 4.69) is 15.6 Å². The number of carbonyl (C=O) groups is 3. The van der Waals surface area contributed by atoms with Gasteiger partial charge in [0.1, 0.15) is 5.82 Å². The number of ether oxygens (including phenoxy) is 1. The number of hydrogen-bond acceptors (Lipinski definition) is 6. The molecular weight excluding hydrogens is 518 g/mol. The highest BCUT2D eigenvalue weighted by Crippen LogP contribution is 2.27. The highest BCUT2D eigenvalue weighted by atomic mass is 19.1. The molecule has 0 spiro atoms. The van der Waals surface area contributed by atoms with Crippen molar-refractivity contribution < 1.29 is 27.9 Å². The fourth-order valence-electron chi connectivity index (χ4n) is 4.00. The molecule has 4 aromatic rings. The van der Waals surface area contributed by atoms with Gasteiger partial charge in [-0.3, -0.25) is 19.4 Å². The Balaban J connectivity index is 1.54. The summed E-state index contributed by atoms with van der Waals surface area (Å²) in [5.74, 6) is -2.87. The molecule has 0 unspecified atom stereocenters. The minimum atomic E-state index is -0.665. The summed E-state index contributed by atoms with van der Waals surface area (Å²) in [4.78, 5) is 41.1. The molecule has 204 valence electrons. The molecule has 0 fully saturated rings. The van der Waals surface area contributed by atoms with Crippen LogP contribution >= 0.6 is 0 Å². The number of benzene rings is 3. The molecule has 0 aliphatic rings. The van der Waals surface area contributed by atoms with Crippen LogP contribution in [0.1, 0.15) is 38.8 Å². The number of nitrogens with two attached hydrogens (primary N) is 1. The van der Waals surface area contributed by atoms with E-state index in [1.807, 2.05) is 0 Å². The number of rotatable bonds is 9. The smallest absolute Gasteiger partial charge is 0.310 e. The number of aromatic nitrogens is 1. The van der Waals surface area contributed by atoms with Crippen molar-refractivity contribution in [2.75, 3.05) is 17.2 Å². The highest BCUT2D eigenvalue weighted by molar-refractivity contribution is 6.06. The first-order chi connectivity index (χ1) is 19.3. The van der Waals surface area contributed by atoms with E-state index < -0.39 is 29.4 Å². The maximum atomic E-state index is 14.5. The van der Waals surface area contributed by atoms with Crippen molar-refractivity contribution in [1.82, 2.24) is 4.98 Å². The zero-order valence-electron chi connectivity index (χ0n) is 21.5. The Morgan fingerprint density at radius 1 is 0.875 bits per heavy atom. The monoisotopic (exact) mass is 544 g/mol. The molecule has 0 radical (unpaired) electrons. The first kappa shape index (κ1) is 28.1. The lowest BCUT2D eigenvalue weighted by atomic mass is 9.95. The predicted molar refractivity (Wildman–Crippen MR) is 147 cm³/mol. The summed E-state index contributed by atoms with van der Waals surface area (Å²) in [6.45, 7) is 2.03. The predicted octanol–water partition coefficient (Wildman–Crippen LogP) is 5.10. The van der Waals surface area contributed by atoms with Gasteiger partial charge in [-0.05, 0) is 71.6 Å². The van der Waals surface area contributed by atoms with Crippen LogP contribution in [-0.2, 0) is 22.5 Å². The van der Waals surface area contributed by atoms with Crippen LogP contribution in [0, 0.1) is 11.6 Å². The number of halogens is 2. The van der Waals surface area contributed by atoms with Gasteiger partial charge in [0.25, 0.3) is 11.8 Å². The Bertz CT molecular complexity index is 1580. The number of amides is 2. The van der Waals surface area contributed by atoms with Crippen LogP contribution in [0.4, 0.5) is 20.2 Å². The molecule has 4 rings (SSSR count). The zero-order valence-corrected chi connectivity index (χ0v) is 21.5. The van der Waals surface area contributed by atoms with Crippen molar-refractivity contribution >= 4 is 29.2 Å². The van der Waals surface area contributed by atoms with Gasteiger partial charge in [0.05, 0.1) is 24.9 Å². The van der Waals surface area contributed by atoms with E-state index in [9.17, 15) is 23.2 Å². The minimum absolute atomic E-state index is 0.00604. The van der Waals surface area contributed by atoms with Crippen LogP contribution in [-0.4, -0.2) is 29.4 Å². The van der Waals surface area contributed by atoms with Crippen molar-refractivity contribution in [3.8, 4) is 11.1 Å². The summed E-state index contributed by atoms with van der Waals surface area (Å²) in [7, 11) is 0. The molecular formula is C30H26F2N4O4. The van der Waals surface area contributed by atoms with Gasteiger partial charge in [-0.2, -0.15) is 0 Å². The van der Waals surface area contributed by atoms with Gasteiger partial charge in [-0.1, -0.05) is 24.3 Å². The molecule has 0 aliphatic carbocycles. The van der Waals surface area contributed by atoms with Crippen LogP contribution in [0.5, 0.6) is 0 Å². The normalized spacial score (nSPS) is 10.6. The number of hydrogen-bond donors (Lipinski definition) is 3. The average Bonchev–Trinajstić information content (AvgIpc) is 2.95. The third kappa shape index (κ3) is 6.72. The number of esters is 1. The Kier molecular flexibility index (Phi) is 8.93. The molecule has 0 saturated carbocycles. The molecule has 1 aromatic heterocycles. The van der Waals surface area contributed by atoms with Crippen molar-refractivity contribution in [1.29, 1.82) is 0 Å². The maximum absolute atomic E-state index is 14.5. The number of pyridine rings is 1. The van der Waals surface area contributed by atoms with E-state index in [-0.39, 0.29) is 47.6 Å². The first-order valence-electron chi connectivity index (χ1n) is 12.4. The molecule has 4 N–H and O–H groups in total. The number of nitrogens with one attached hydrogen (secondary N) is 2. The standard InChI is InChI=1S/C30H26F2N4O4/c1-2-40-28(37)14-19-8-9-23(15-25(19)31)35-29(38)20-5-3-4-18(12-20)24-13-21(6-7-22(24)16-33)30(39)36-27-10-11-34-17-26(27)32/h3-13,15,17H,2,14,16,33H2,1H3,(H,35,38)(H,34,36,39). The Morgan fingerprint density at radius 2 is 1.62 bits per heavy atom. The average molecular weight is 545 g/mol. The fraction of sp³-hybridized carbons (Fsp3) is 0.133. The van der Waals surface area contributed by atoms with Crippen molar-refractivity contribution in [3.63, 3.8) is 0 Å². The van der Waals surface area contributed by atoms with Crippen LogP contribution in [0.15, 0.2) is 79.1 Å². The van der Waals surface area contributed by atoms with Gasteiger partial charge >= 0.3 is 5.97 Å². The lowest BCUT2D eigenvalue weighted by Gasteiger charge is -2.13. The quantitative estimate of drug-likeness (QED) is 0.252. The number of anilines is 2. The SMILES string of the molecule is CCOC(=O)Cc1ccc(NC(=O)c2cccc(-c3cc(C(=O)Nc4ccncc4F)ccc3CN)c2)cc1F. The summed E-state index contributed by atoms with van der Waals surface area (Å²) < 4.78 is 33.3. The molecule has 1 heterocycles. The van der Waals surface area contributed by atoms with Gasteiger partial charge < -0.3 is 21.1 Å². The van der Waals surface area contributed by atoms with E-state index in [1.165, 1.54) is 24.4 Å². The number of carbonyl (C=O) groups excluding carboxylic acids is 3. The van der Waals surface area contributed by atoms with Crippen molar-refractivity contribution in [3.05, 3.63) is 113 Å². The number of nitrogens with zero attached hydrogens (tertiary/aromatic N) is 1. The Morgan fingerprint density at radius 3 is 2.35 bits per heavy atom. The van der Waals surface area contributed by atoms with Crippen LogP contribution < -0.4 is 16.4 Å². The molecule has 0 saturated heterocycles. The highest BCUT2D eigenvalue weighted by Gasteiger charge is 2.15. The van der Waals surface area contributed by atoms with Gasteiger partial charge in [0.2, 0.25) is 0 Å². The van der Waals surface area contributed by atoms with Crippen LogP contribution in [0.2, 0.25) is 0 Å². The third-order valence-electron chi connectivity index (χ3n) is 6.00. The van der Waals surface area contributed by atoms with E-state index in [0.717, 1.165) is 17.8 Å². The second-order valence-electron chi connectivity index (χ2n) is 8.71. The second-order valence-corrected chi connectivity index (χ2v) is 8.71. The van der Waals surface area contributed by atoms with Gasteiger partial charge in [-0.15, -0.1) is 0 Å². The molecule has 2 amide bonds. The molecule has 8 nitrogen and oxygen atoms in total. The molecule has 0 bridgehead atoms. The summed E-state index contributed by atoms with van der Waals surface area (Å²) in [5.41, 5.74) is 8.80. The van der Waals surface area contributed by atoms with E-state index in [0.29, 0.717) is 11.1 Å². The molecule has 3 aromatic carbocycles.